The summed E-state index contributed by atoms with van der Waals surface area (Å²) in [7, 11) is 0. The van der Waals surface area contributed by atoms with E-state index in [1.807, 2.05) is 6.08 Å². The summed E-state index contributed by atoms with van der Waals surface area (Å²) in [6.45, 7) is 5.21. The molecule has 1 rings (SSSR count). The van der Waals surface area contributed by atoms with Crippen molar-refractivity contribution in [2.75, 3.05) is 0 Å². The van der Waals surface area contributed by atoms with Gasteiger partial charge in [-0.25, -0.2) is 0 Å². The van der Waals surface area contributed by atoms with Gasteiger partial charge >= 0.3 is 0 Å². The highest BCUT2D eigenvalue weighted by Gasteiger charge is 2.11. The maximum Gasteiger partial charge on any atom is -0.0230 e. The van der Waals surface area contributed by atoms with Crippen LogP contribution in [0.25, 0.3) is 0 Å². The van der Waals surface area contributed by atoms with Crippen molar-refractivity contribution in [3.8, 4) is 0 Å². The monoisotopic (exact) mass is 81.1 g/mol. The van der Waals surface area contributed by atoms with Crippen molar-refractivity contribution in [1.82, 2.24) is 0 Å². The number of allylic oxidation sites excluding steroid dienone is 1. The Morgan fingerprint density at radius 3 is 2.17 bits per heavy atom. The van der Waals surface area contributed by atoms with E-state index in [1.54, 1.807) is 0 Å². The molecule has 0 unspecified atom stereocenters. The molecule has 0 N–H and O–H groups in total. The first-order chi connectivity index (χ1) is 2.93. The molecule has 1 aliphatic carbocycles. The highest BCUT2D eigenvalue weighted by atomic mass is 14.2. The number of hydrogen-bond donors (Lipinski definition) is 0. The van der Waals surface area contributed by atoms with Gasteiger partial charge in [0.05, 0.1) is 0 Å². The van der Waals surface area contributed by atoms with Crippen LogP contribution in [0.1, 0.15) is 19.3 Å². The fourth-order valence-corrected chi connectivity index (χ4v) is 0.632. The van der Waals surface area contributed by atoms with Crippen molar-refractivity contribution >= 4 is 0 Å². The topological polar surface area (TPSA) is 0 Å². The van der Waals surface area contributed by atoms with Crippen LogP contribution in [-0.2, 0) is 0 Å². The van der Waals surface area contributed by atoms with Gasteiger partial charge in [0.25, 0.3) is 0 Å². The van der Waals surface area contributed by atoms with Gasteiger partial charge in [-0.3, -0.25) is 0 Å². The lowest BCUT2D eigenvalue weighted by Crippen LogP contribution is -2.05. The fourth-order valence-electron chi connectivity index (χ4n) is 0.632. The third kappa shape index (κ3) is 0.469. The summed E-state index contributed by atoms with van der Waals surface area (Å²) in [4.78, 5) is 0. The van der Waals surface area contributed by atoms with Gasteiger partial charge in [-0.05, 0) is 18.8 Å². The number of rotatable bonds is 1. The SMILES string of the molecule is [CH]=CC1CCC1. The van der Waals surface area contributed by atoms with Crippen LogP contribution in [-0.4, -0.2) is 0 Å². The van der Waals surface area contributed by atoms with Crippen LogP contribution in [0.2, 0.25) is 0 Å². The van der Waals surface area contributed by atoms with Gasteiger partial charge in [0.15, 0.2) is 0 Å². The van der Waals surface area contributed by atoms with E-state index in [9.17, 15) is 0 Å². The lowest BCUT2D eigenvalue weighted by Gasteiger charge is -2.20. The lowest BCUT2D eigenvalue weighted by molar-refractivity contribution is 0.388. The Morgan fingerprint density at radius 1 is 1.50 bits per heavy atom. The van der Waals surface area contributed by atoms with Crippen molar-refractivity contribution in [2.24, 2.45) is 5.92 Å². The maximum atomic E-state index is 5.21. The molecule has 0 heteroatoms. The Bertz CT molecular complexity index is 51.1. The largest absolute Gasteiger partial charge is 0.0814 e. The molecule has 0 atom stereocenters. The summed E-state index contributed by atoms with van der Waals surface area (Å²) in [5.41, 5.74) is 0. The predicted molar refractivity (Wildman–Crippen MR) is 26.2 cm³/mol. The highest BCUT2D eigenvalue weighted by molar-refractivity contribution is 4.82. The third-order valence-corrected chi connectivity index (χ3v) is 1.42. The van der Waals surface area contributed by atoms with E-state index in [1.165, 1.54) is 19.3 Å². The van der Waals surface area contributed by atoms with Crippen LogP contribution in [0, 0.1) is 12.5 Å². The van der Waals surface area contributed by atoms with E-state index < -0.39 is 0 Å². The van der Waals surface area contributed by atoms with Crippen molar-refractivity contribution in [1.29, 1.82) is 0 Å². The van der Waals surface area contributed by atoms with Crippen LogP contribution < -0.4 is 0 Å². The van der Waals surface area contributed by atoms with Crippen molar-refractivity contribution in [2.45, 2.75) is 19.3 Å². The van der Waals surface area contributed by atoms with Gasteiger partial charge in [0.1, 0.15) is 0 Å². The molecule has 0 nitrogen and oxygen atoms in total. The normalized spacial score (nSPS) is 22.7. The second-order valence-corrected chi connectivity index (χ2v) is 1.88. The van der Waals surface area contributed by atoms with Gasteiger partial charge in [0, 0.05) is 0 Å². The Balaban J connectivity index is 2.16. The van der Waals surface area contributed by atoms with Crippen LogP contribution in [0.15, 0.2) is 6.08 Å². The first kappa shape index (κ1) is 3.91. The van der Waals surface area contributed by atoms with Crippen molar-refractivity contribution < 1.29 is 0 Å². The molecule has 0 heterocycles. The molecule has 0 aliphatic heterocycles. The fraction of sp³-hybridized carbons (Fsp3) is 0.667. The van der Waals surface area contributed by atoms with Gasteiger partial charge in [-0.1, -0.05) is 19.1 Å². The van der Waals surface area contributed by atoms with E-state index in [0.717, 1.165) is 5.92 Å². The molecule has 0 aromatic rings. The summed E-state index contributed by atoms with van der Waals surface area (Å²) in [5.74, 6) is 0.769. The van der Waals surface area contributed by atoms with E-state index in [4.69, 9.17) is 6.58 Å². The Hall–Kier alpha value is -0.260. The standard InChI is InChI=1S/C6H9/c1-2-6-4-3-5-6/h1-2,6H,3-5H2. The number of hydrogen-bond acceptors (Lipinski definition) is 0. The van der Waals surface area contributed by atoms with Crippen LogP contribution in [0.4, 0.5) is 0 Å². The average molecular weight is 81.1 g/mol. The maximum absolute atomic E-state index is 5.21. The summed E-state index contributed by atoms with van der Waals surface area (Å²) >= 11 is 0. The Kier molecular flexibility index (Phi) is 0.952. The molecule has 1 fully saturated rings. The molecule has 0 spiro atoms. The molecule has 0 bridgehead atoms. The molecule has 0 aromatic carbocycles. The second kappa shape index (κ2) is 1.46. The molecule has 6 heavy (non-hydrogen) atoms. The van der Waals surface area contributed by atoms with Crippen LogP contribution in [0.3, 0.4) is 0 Å². The Labute approximate surface area is 38.9 Å². The quantitative estimate of drug-likeness (QED) is 0.451. The van der Waals surface area contributed by atoms with Crippen molar-refractivity contribution in [3.05, 3.63) is 12.7 Å². The van der Waals surface area contributed by atoms with Gasteiger partial charge in [-0.15, -0.1) is 0 Å². The minimum atomic E-state index is 0.769. The zero-order chi connectivity index (χ0) is 4.41. The van der Waals surface area contributed by atoms with Crippen LogP contribution >= 0.6 is 0 Å². The van der Waals surface area contributed by atoms with Crippen LogP contribution in [0.5, 0.6) is 0 Å². The van der Waals surface area contributed by atoms with Crippen molar-refractivity contribution in [3.63, 3.8) is 0 Å². The summed E-state index contributed by atoms with van der Waals surface area (Å²) in [6.07, 6.45) is 5.86. The molecule has 1 aliphatic rings. The minimum absolute atomic E-state index is 0.769. The zero-order valence-corrected chi connectivity index (χ0v) is 3.85. The third-order valence-electron chi connectivity index (χ3n) is 1.42. The molecule has 0 saturated heterocycles. The first-order valence-electron chi connectivity index (χ1n) is 2.48. The zero-order valence-electron chi connectivity index (χ0n) is 3.85. The van der Waals surface area contributed by atoms with E-state index in [0.29, 0.717) is 0 Å². The highest BCUT2D eigenvalue weighted by Crippen LogP contribution is 2.26. The minimum Gasteiger partial charge on any atom is -0.0814 e. The summed E-state index contributed by atoms with van der Waals surface area (Å²) in [6, 6.07) is 0. The van der Waals surface area contributed by atoms with E-state index in [-0.39, 0.29) is 0 Å². The molecule has 1 radical (unpaired) electrons. The lowest BCUT2D eigenvalue weighted by atomic mass is 9.86. The first-order valence-corrected chi connectivity index (χ1v) is 2.48. The Morgan fingerprint density at radius 2 is 2.17 bits per heavy atom. The van der Waals surface area contributed by atoms with Gasteiger partial charge in [-0.2, -0.15) is 0 Å². The van der Waals surface area contributed by atoms with Gasteiger partial charge in [0.2, 0.25) is 0 Å². The molecular weight excluding hydrogens is 72.1 g/mol. The summed E-state index contributed by atoms with van der Waals surface area (Å²) in [5, 5.41) is 0. The average Bonchev–Trinajstić information content (AvgIpc) is 1.31. The molecule has 33 valence electrons. The van der Waals surface area contributed by atoms with Gasteiger partial charge < -0.3 is 0 Å². The molecule has 0 aromatic heterocycles. The van der Waals surface area contributed by atoms with E-state index in [2.05, 4.69) is 0 Å². The predicted octanol–water partition coefficient (Wildman–Crippen LogP) is 1.78. The molecule has 0 amide bonds. The summed E-state index contributed by atoms with van der Waals surface area (Å²) < 4.78 is 0. The molecule has 1 saturated carbocycles. The van der Waals surface area contributed by atoms with E-state index >= 15 is 0 Å². The smallest absolute Gasteiger partial charge is 0.0230 e. The second-order valence-electron chi connectivity index (χ2n) is 1.88. The molecular formula is C6H9.